The normalized spacial score (nSPS) is 13.7. The third-order valence-corrected chi connectivity index (χ3v) is 5.14. The summed E-state index contributed by atoms with van der Waals surface area (Å²) >= 11 is 12.2. The van der Waals surface area contributed by atoms with Crippen LogP contribution in [0, 0.1) is 11.3 Å². The first-order valence-electron chi connectivity index (χ1n) is 9.08. The maximum absolute atomic E-state index is 9.25. The van der Waals surface area contributed by atoms with Crippen LogP contribution in [0.3, 0.4) is 0 Å². The van der Waals surface area contributed by atoms with Gasteiger partial charge in [-0.15, -0.1) is 0 Å². The molecule has 3 rings (SSSR count). The van der Waals surface area contributed by atoms with Gasteiger partial charge < -0.3 is 19.1 Å². The molecule has 0 aromatic heterocycles. The van der Waals surface area contributed by atoms with Crippen molar-refractivity contribution >= 4 is 28.8 Å². The number of morpholine rings is 1. The average Bonchev–Trinajstić information content (AvgIpc) is 2.73. The number of rotatable bonds is 6. The molecule has 1 aliphatic rings. The molecule has 2 aromatic carbocycles. The minimum Gasteiger partial charge on any atom is -0.490 e. The Labute approximate surface area is 175 Å². The topological polar surface area (TPSA) is 54.7 Å². The summed E-state index contributed by atoms with van der Waals surface area (Å²) in [7, 11) is 0. The van der Waals surface area contributed by atoms with Crippen LogP contribution in [0.1, 0.15) is 23.6 Å². The molecule has 0 atom stereocenters. The van der Waals surface area contributed by atoms with E-state index in [2.05, 4.69) is 11.0 Å². The number of nitriles is 1. The summed E-state index contributed by atoms with van der Waals surface area (Å²) in [5.74, 6) is 0.986. The second-order valence-electron chi connectivity index (χ2n) is 6.18. The maximum atomic E-state index is 9.25. The summed E-state index contributed by atoms with van der Waals surface area (Å²) < 4.78 is 17.1. The lowest BCUT2D eigenvalue weighted by Crippen LogP contribution is -2.40. The van der Waals surface area contributed by atoms with Gasteiger partial charge >= 0.3 is 0 Å². The van der Waals surface area contributed by atoms with Crippen LogP contribution in [0.25, 0.3) is 0 Å². The zero-order valence-electron chi connectivity index (χ0n) is 15.6. The first-order chi connectivity index (χ1) is 13.6. The van der Waals surface area contributed by atoms with Crippen LogP contribution in [0.5, 0.6) is 11.5 Å². The standard InChI is InChI=1S/C21H21ClN2O3S/c1-2-26-19-12-17(21(28)24-7-9-25-10-8-24)11-18(22)20(19)27-14-16-6-4-3-5-15(16)13-23/h3-6,11-12H,2,7-10,14H2,1H3. The summed E-state index contributed by atoms with van der Waals surface area (Å²) in [6, 6.07) is 13.1. The lowest BCUT2D eigenvalue weighted by molar-refractivity contribution is 0.0693. The van der Waals surface area contributed by atoms with Crippen LogP contribution in [-0.4, -0.2) is 42.8 Å². The molecule has 1 heterocycles. The molecule has 146 valence electrons. The van der Waals surface area contributed by atoms with E-state index in [9.17, 15) is 5.26 Å². The first kappa shape index (κ1) is 20.4. The van der Waals surface area contributed by atoms with Gasteiger partial charge in [0.05, 0.1) is 36.5 Å². The van der Waals surface area contributed by atoms with Gasteiger partial charge in [0, 0.05) is 24.2 Å². The van der Waals surface area contributed by atoms with Crippen LogP contribution in [0.15, 0.2) is 36.4 Å². The fourth-order valence-electron chi connectivity index (χ4n) is 2.95. The summed E-state index contributed by atoms with van der Waals surface area (Å²) in [6.45, 7) is 5.41. The third-order valence-electron chi connectivity index (χ3n) is 4.36. The molecule has 0 bridgehead atoms. The zero-order chi connectivity index (χ0) is 19.9. The van der Waals surface area contributed by atoms with Crippen molar-refractivity contribution in [3.8, 4) is 17.6 Å². The molecule has 5 nitrogen and oxygen atoms in total. The number of hydrogen-bond acceptors (Lipinski definition) is 5. The van der Waals surface area contributed by atoms with Gasteiger partial charge in [-0.05, 0) is 25.1 Å². The van der Waals surface area contributed by atoms with Crippen LogP contribution >= 0.6 is 23.8 Å². The molecule has 0 saturated carbocycles. The van der Waals surface area contributed by atoms with Gasteiger partial charge in [-0.2, -0.15) is 5.26 Å². The van der Waals surface area contributed by atoms with Crippen molar-refractivity contribution in [3.63, 3.8) is 0 Å². The number of nitrogens with zero attached hydrogens (tertiary/aromatic N) is 2. The van der Waals surface area contributed by atoms with Gasteiger partial charge in [-0.25, -0.2) is 0 Å². The van der Waals surface area contributed by atoms with Gasteiger partial charge in [-0.3, -0.25) is 0 Å². The number of halogens is 1. The smallest absolute Gasteiger partial charge is 0.180 e. The van der Waals surface area contributed by atoms with Crippen molar-refractivity contribution in [1.82, 2.24) is 4.90 Å². The highest BCUT2D eigenvalue weighted by Crippen LogP contribution is 2.38. The second kappa shape index (κ2) is 9.74. The molecule has 28 heavy (non-hydrogen) atoms. The molecule has 0 aliphatic carbocycles. The minimum atomic E-state index is 0.219. The highest BCUT2D eigenvalue weighted by atomic mass is 35.5. The summed E-state index contributed by atoms with van der Waals surface area (Å²) in [4.78, 5) is 2.82. The van der Waals surface area contributed by atoms with E-state index in [1.54, 1.807) is 12.1 Å². The Morgan fingerprint density at radius 1 is 1.25 bits per heavy atom. The molecule has 0 N–H and O–H groups in total. The maximum Gasteiger partial charge on any atom is 0.180 e. The SMILES string of the molecule is CCOc1cc(C(=S)N2CCOCC2)cc(Cl)c1OCc1ccccc1C#N. The van der Waals surface area contributed by atoms with E-state index in [-0.39, 0.29) is 6.61 Å². The van der Waals surface area contributed by atoms with Crippen LogP contribution in [0.2, 0.25) is 5.02 Å². The quantitative estimate of drug-likeness (QED) is 0.658. The fraction of sp³-hybridized carbons (Fsp3) is 0.333. The zero-order valence-corrected chi connectivity index (χ0v) is 17.2. The second-order valence-corrected chi connectivity index (χ2v) is 6.97. The highest BCUT2D eigenvalue weighted by molar-refractivity contribution is 7.80. The van der Waals surface area contributed by atoms with Crippen molar-refractivity contribution in [2.45, 2.75) is 13.5 Å². The molecule has 2 aromatic rings. The molecule has 0 spiro atoms. The Morgan fingerprint density at radius 3 is 2.71 bits per heavy atom. The molecule has 1 saturated heterocycles. The molecular weight excluding hydrogens is 396 g/mol. The number of benzene rings is 2. The number of ether oxygens (including phenoxy) is 3. The van der Waals surface area contributed by atoms with Crippen LogP contribution < -0.4 is 9.47 Å². The molecule has 0 amide bonds. The van der Waals surface area contributed by atoms with Crippen molar-refractivity contribution in [2.24, 2.45) is 0 Å². The first-order valence-corrected chi connectivity index (χ1v) is 9.86. The van der Waals surface area contributed by atoms with Gasteiger partial charge in [-0.1, -0.05) is 42.0 Å². The molecule has 0 radical (unpaired) electrons. The van der Waals surface area contributed by atoms with E-state index in [1.807, 2.05) is 31.2 Å². The van der Waals surface area contributed by atoms with Crippen molar-refractivity contribution in [3.05, 3.63) is 58.1 Å². The Balaban J connectivity index is 1.84. The summed E-state index contributed by atoms with van der Waals surface area (Å²) in [6.07, 6.45) is 0. The van der Waals surface area contributed by atoms with Gasteiger partial charge in [0.25, 0.3) is 0 Å². The Bertz CT molecular complexity index is 892. The average molecular weight is 417 g/mol. The van der Waals surface area contributed by atoms with E-state index >= 15 is 0 Å². The monoisotopic (exact) mass is 416 g/mol. The van der Waals surface area contributed by atoms with Crippen molar-refractivity contribution in [2.75, 3.05) is 32.9 Å². The predicted molar refractivity (Wildman–Crippen MR) is 112 cm³/mol. The Morgan fingerprint density at radius 2 is 2.00 bits per heavy atom. The summed E-state index contributed by atoms with van der Waals surface area (Å²) in [5, 5.41) is 9.67. The minimum absolute atomic E-state index is 0.219. The molecule has 7 heteroatoms. The molecule has 1 fully saturated rings. The lowest BCUT2D eigenvalue weighted by Gasteiger charge is -2.29. The van der Waals surface area contributed by atoms with E-state index in [4.69, 9.17) is 38.0 Å². The van der Waals surface area contributed by atoms with E-state index in [0.29, 0.717) is 46.9 Å². The Kier molecular flexibility index (Phi) is 7.10. The number of thiocarbonyl (C=S) groups is 1. The summed E-state index contributed by atoms with van der Waals surface area (Å²) in [5.41, 5.74) is 2.17. The molecule has 1 aliphatic heterocycles. The molecular formula is C21H21ClN2O3S. The largest absolute Gasteiger partial charge is 0.490 e. The van der Waals surface area contributed by atoms with E-state index < -0.39 is 0 Å². The van der Waals surface area contributed by atoms with E-state index in [1.165, 1.54) is 0 Å². The molecule has 0 unspecified atom stereocenters. The predicted octanol–water partition coefficient (Wildman–Crippen LogP) is 4.20. The van der Waals surface area contributed by atoms with Crippen LogP contribution in [-0.2, 0) is 11.3 Å². The van der Waals surface area contributed by atoms with Crippen LogP contribution in [0.4, 0.5) is 0 Å². The third kappa shape index (κ3) is 4.74. The Hall–Kier alpha value is -2.33. The fourth-order valence-corrected chi connectivity index (χ4v) is 3.51. The van der Waals surface area contributed by atoms with Gasteiger partial charge in [0.15, 0.2) is 11.5 Å². The van der Waals surface area contributed by atoms with Gasteiger partial charge in [0.1, 0.15) is 11.6 Å². The van der Waals surface area contributed by atoms with Crippen molar-refractivity contribution in [1.29, 1.82) is 5.26 Å². The lowest BCUT2D eigenvalue weighted by atomic mass is 10.1. The number of hydrogen-bond donors (Lipinski definition) is 0. The van der Waals surface area contributed by atoms with Crippen molar-refractivity contribution < 1.29 is 14.2 Å². The highest BCUT2D eigenvalue weighted by Gasteiger charge is 2.20. The van der Waals surface area contributed by atoms with Gasteiger partial charge in [0.2, 0.25) is 0 Å². The van der Waals surface area contributed by atoms with E-state index in [0.717, 1.165) is 24.2 Å².